The van der Waals surface area contributed by atoms with Crippen molar-refractivity contribution in [2.75, 3.05) is 6.61 Å². The van der Waals surface area contributed by atoms with Crippen LogP contribution in [-0.4, -0.2) is 23.3 Å². The molecule has 0 fully saturated rings. The number of para-hydroxylation sites is 1. The normalized spacial score (nSPS) is 10.9. The van der Waals surface area contributed by atoms with E-state index in [1.165, 1.54) is 10.8 Å². The van der Waals surface area contributed by atoms with Gasteiger partial charge in [0.15, 0.2) is 6.61 Å². The number of amides is 1. The van der Waals surface area contributed by atoms with Crippen molar-refractivity contribution in [3.05, 3.63) is 84.3 Å². The standard InChI is InChI=1S/C19H15BrClN3O3S/c20-14-8-6-13(7-9-14)11-24-18(21)16(28-19(24)26)10-22-23-17(25)12-27-15-4-2-1-3-5-15/h1-10H,11-12H2,(H,23,25). The van der Waals surface area contributed by atoms with E-state index in [0.29, 0.717) is 17.2 Å². The Morgan fingerprint density at radius 3 is 2.64 bits per heavy atom. The summed E-state index contributed by atoms with van der Waals surface area (Å²) < 4.78 is 7.74. The van der Waals surface area contributed by atoms with E-state index in [9.17, 15) is 9.59 Å². The number of carbonyl (C=O) groups excluding carboxylic acids is 1. The number of nitrogens with one attached hydrogen (secondary N) is 1. The fraction of sp³-hybridized carbons (Fsp3) is 0.105. The summed E-state index contributed by atoms with van der Waals surface area (Å²) >= 11 is 10.6. The molecule has 0 unspecified atom stereocenters. The van der Waals surface area contributed by atoms with Crippen molar-refractivity contribution in [3.63, 3.8) is 0 Å². The molecule has 1 heterocycles. The number of thiazole rings is 1. The Morgan fingerprint density at radius 1 is 1.21 bits per heavy atom. The number of nitrogens with zero attached hydrogens (tertiary/aromatic N) is 2. The van der Waals surface area contributed by atoms with Crippen molar-refractivity contribution in [2.24, 2.45) is 5.10 Å². The zero-order valence-corrected chi connectivity index (χ0v) is 17.6. The van der Waals surface area contributed by atoms with Gasteiger partial charge < -0.3 is 4.74 Å². The van der Waals surface area contributed by atoms with Crippen molar-refractivity contribution < 1.29 is 9.53 Å². The lowest BCUT2D eigenvalue weighted by molar-refractivity contribution is -0.123. The Kier molecular flexibility index (Phi) is 7.02. The topological polar surface area (TPSA) is 72.7 Å². The van der Waals surface area contributed by atoms with Crippen LogP contribution in [0.1, 0.15) is 10.4 Å². The molecule has 0 aliphatic heterocycles. The average molecular weight is 481 g/mol. The largest absolute Gasteiger partial charge is 0.484 e. The van der Waals surface area contributed by atoms with Gasteiger partial charge in [0.2, 0.25) is 0 Å². The number of hydrogen-bond acceptors (Lipinski definition) is 5. The SMILES string of the molecule is O=C(COc1ccccc1)NN=Cc1sc(=O)n(Cc2ccc(Br)cc2)c1Cl. The Balaban J connectivity index is 1.59. The van der Waals surface area contributed by atoms with Crippen LogP contribution in [-0.2, 0) is 11.3 Å². The minimum absolute atomic E-state index is 0.171. The third-order valence-electron chi connectivity index (χ3n) is 3.60. The molecule has 9 heteroatoms. The predicted octanol–water partition coefficient (Wildman–Crippen LogP) is 3.90. The highest BCUT2D eigenvalue weighted by Crippen LogP contribution is 2.19. The lowest BCUT2D eigenvalue weighted by atomic mass is 10.2. The molecule has 0 aliphatic rings. The van der Waals surface area contributed by atoms with Gasteiger partial charge in [-0.25, -0.2) is 5.43 Å². The van der Waals surface area contributed by atoms with E-state index in [-0.39, 0.29) is 16.6 Å². The summed E-state index contributed by atoms with van der Waals surface area (Å²) in [7, 11) is 0. The monoisotopic (exact) mass is 479 g/mol. The number of halogens is 2. The number of benzene rings is 2. The molecule has 0 aliphatic carbocycles. The van der Waals surface area contributed by atoms with Gasteiger partial charge in [0.05, 0.1) is 17.6 Å². The predicted molar refractivity (Wildman–Crippen MR) is 115 cm³/mol. The molecule has 3 aromatic rings. The van der Waals surface area contributed by atoms with Crippen LogP contribution in [0.2, 0.25) is 5.15 Å². The van der Waals surface area contributed by atoms with E-state index in [0.717, 1.165) is 21.4 Å². The van der Waals surface area contributed by atoms with Crippen LogP contribution < -0.4 is 15.0 Å². The summed E-state index contributed by atoms with van der Waals surface area (Å²) in [4.78, 5) is 24.3. The van der Waals surface area contributed by atoms with Crippen molar-refractivity contribution >= 4 is 51.0 Å². The number of aromatic nitrogens is 1. The van der Waals surface area contributed by atoms with Crippen molar-refractivity contribution in [1.29, 1.82) is 0 Å². The maximum Gasteiger partial charge on any atom is 0.309 e. The van der Waals surface area contributed by atoms with Crippen molar-refractivity contribution in [3.8, 4) is 5.75 Å². The summed E-state index contributed by atoms with van der Waals surface area (Å²) in [6.45, 7) is 0.183. The third kappa shape index (κ3) is 5.54. The number of carbonyl (C=O) groups is 1. The highest BCUT2D eigenvalue weighted by Gasteiger charge is 2.12. The van der Waals surface area contributed by atoms with E-state index in [2.05, 4.69) is 26.5 Å². The first-order valence-electron chi connectivity index (χ1n) is 8.16. The molecule has 0 atom stereocenters. The number of ether oxygens (including phenoxy) is 1. The molecular weight excluding hydrogens is 466 g/mol. The van der Waals surface area contributed by atoms with Crippen molar-refractivity contribution in [1.82, 2.24) is 9.99 Å². The van der Waals surface area contributed by atoms with Gasteiger partial charge in [0, 0.05) is 4.47 Å². The summed E-state index contributed by atoms with van der Waals surface area (Å²) in [5.74, 6) is 0.172. The first-order valence-corrected chi connectivity index (χ1v) is 10.1. The minimum Gasteiger partial charge on any atom is -0.484 e. The maximum absolute atomic E-state index is 12.2. The molecular formula is C19H15BrClN3O3S. The molecule has 2 aromatic carbocycles. The highest BCUT2D eigenvalue weighted by molar-refractivity contribution is 9.10. The van der Waals surface area contributed by atoms with Crippen LogP contribution in [0, 0.1) is 0 Å². The van der Waals surface area contributed by atoms with Gasteiger partial charge in [0.25, 0.3) is 5.91 Å². The van der Waals surface area contributed by atoms with Crippen LogP contribution in [0.25, 0.3) is 0 Å². The molecule has 3 rings (SSSR count). The fourth-order valence-corrected chi connectivity index (χ4v) is 3.62. The van der Waals surface area contributed by atoms with Crippen LogP contribution in [0.5, 0.6) is 5.75 Å². The molecule has 0 saturated heterocycles. The zero-order valence-electron chi connectivity index (χ0n) is 14.5. The Bertz CT molecular complexity index is 1030. The Morgan fingerprint density at radius 2 is 1.93 bits per heavy atom. The van der Waals surface area contributed by atoms with Gasteiger partial charge in [-0.3, -0.25) is 14.2 Å². The van der Waals surface area contributed by atoms with E-state index in [1.54, 1.807) is 12.1 Å². The lowest BCUT2D eigenvalue weighted by Crippen LogP contribution is -2.24. The van der Waals surface area contributed by atoms with Gasteiger partial charge in [-0.1, -0.05) is 69.2 Å². The lowest BCUT2D eigenvalue weighted by Gasteiger charge is -2.04. The maximum atomic E-state index is 12.2. The highest BCUT2D eigenvalue weighted by atomic mass is 79.9. The van der Waals surface area contributed by atoms with Gasteiger partial charge in [-0.05, 0) is 29.8 Å². The van der Waals surface area contributed by atoms with E-state index >= 15 is 0 Å². The van der Waals surface area contributed by atoms with Gasteiger partial charge >= 0.3 is 4.87 Å². The quantitative estimate of drug-likeness (QED) is 0.412. The first-order chi connectivity index (χ1) is 13.5. The van der Waals surface area contributed by atoms with Crippen LogP contribution >= 0.6 is 38.9 Å². The number of rotatable bonds is 7. The van der Waals surface area contributed by atoms with Gasteiger partial charge in [-0.2, -0.15) is 5.10 Å². The third-order valence-corrected chi connectivity index (χ3v) is 5.56. The molecule has 0 saturated carbocycles. The van der Waals surface area contributed by atoms with Gasteiger partial charge in [-0.15, -0.1) is 0 Å². The van der Waals surface area contributed by atoms with E-state index in [1.807, 2.05) is 42.5 Å². The molecule has 0 spiro atoms. The molecule has 1 aromatic heterocycles. The molecule has 144 valence electrons. The fourth-order valence-electron chi connectivity index (χ4n) is 2.25. The van der Waals surface area contributed by atoms with E-state index in [4.69, 9.17) is 16.3 Å². The number of hydrazone groups is 1. The molecule has 28 heavy (non-hydrogen) atoms. The van der Waals surface area contributed by atoms with Gasteiger partial charge in [0.1, 0.15) is 10.9 Å². The number of hydrogen-bond donors (Lipinski definition) is 1. The second-order valence-corrected chi connectivity index (χ2v) is 7.90. The average Bonchev–Trinajstić information content (AvgIpc) is 2.96. The molecule has 6 nitrogen and oxygen atoms in total. The zero-order chi connectivity index (χ0) is 19.9. The van der Waals surface area contributed by atoms with E-state index < -0.39 is 5.91 Å². The summed E-state index contributed by atoms with van der Waals surface area (Å²) in [5.41, 5.74) is 3.29. The molecule has 1 N–H and O–H groups in total. The second-order valence-electron chi connectivity index (χ2n) is 5.63. The summed E-state index contributed by atoms with van der Waals surface area (Å²) in [6, 6.07) is 16.6. The summed E-state index contributed by atoms with van der Waals surface area (Å²) in [6.07, 6.45) is 1.35. The van der Waals surface area contributed by atoms with Crippen LogP contribution in [0.4, 0.5) is 0 Å². The van der Waals surface area contributed by atoms with Crippen LogP contribution in [0.3, 0.4) is 0 Å². The molecule has 0 bridgehead atoms. The second kappa shape index (κ2) is 9.68. The molecule has 1 amide bonds. The Labute approximate surface area is 178 Å². The smallest absolute Gasteiger partial charge is 0.309 e. The van der Waals surface area contributed by atoms with Crippen LogP contribution in [0.15, 0.2) is 69.0 Å². The Hall–Kier alpha value is -2.42. The first kappa shape index (κ1) is 20.3. The summed E-state index contributed by atoms with van der Waals surface area (Å²) in [5, 5.41) is 4.13. The molecule has 0 radical (unpaired) electrons. The van der Waals surface area contributed by atoms with Crippen molar-refractivity contribution in [2.45, 2.75) is 6.54 Å². The minimum atomic E-state index is -0.419.